The van der Waals surface area contributed by atoms with Gasteiger partial charge in [-0.25, -0.2) is 4.98 Å². The first-order chi connectivity index (χ1) is 9.90. The molecule has 1 aromatic carbocycles. The second kappa shape index (κ2) is 6.26. The Kier molecular flexibility index (Phi) is 4.81. The van der Waals surface area contributed by atoms with Crippen molar-refractivity contribution in [2.24, 2.45) is 5.92 Å². The standard InChI is InChI=1S/C15H18ClF3N2/c1-3-10(4-2)9-21-13-6-5-11(15(17,18)19)7-12(13)20-14(21)8-16/h5-7,10H,3-4,8-9H2,1-2H3. The number of nitrogens with zero attached hydrogens (tertiary/aromatic N) is 2. The number of fused-ring (bicyclic) bond motifs is 1. The number of aromatic nitrogens is 2. The van der Waals surface area contributed by atoms with Crippen LogP contribution in [-0.4, -0.2) is 9.55 Å². The second-order valence-corrected chi connectivity index (χ2v) is 5.42. The molecule has 0 amide bonds. The van der Waals surface area contributed by atoms with Gasteiger partial charge in [0.25, 0.3) is 0 Å². The summed E-state index contributed by atoms with van der Waals surface area (Å²) in [6, 6.07) is 3.68. The lowest BCUT2D eigenvalue weighted by Crippen LogP contribution is -2.11. The van der Waals surface area contributed by atoms with E-state index in [1.165, 1.54) is 6.07 Å². The third-order valence-electron chi connectivity index (χ3n) is 3.87. The number of hydrogen-bond acceptors (Lipinski definition) is 1. The molecule has 0 N–H and O–H groups in total. The zero-order chi connectivity index (χ0) is 15.6. The number of benzene rings is 1. The molecule has 0 aliphatic rings. The van der Waals surface area contributed by atoms with Crippen LogP contribution in [0.5, 0.6) is 0 Å². The zero-order valence-electron chi connectivity index (χ0n) is 12.0. The van der Waals surface area contributed by atoms with E-state index in [0.717, 1.165) is 31.5 Å². The number of imidazole rings is 1. The van der Waals surface area contributed by atoms with Gasteiger partial charge in [-0.15, -0.1) is 11.6 Å². The Hall–Kier alpha value is -1.23. The first-order valence-electron chi connectivity index (χ1n) is 7.03. The van der Waals surface area contributed by atoms with Gasteiger partial charge in [-0.3, -0.25) is 0 Å². The molecule has 1 heterocycles. The summed E-state index contributed by atoms with van der Waals surface area (Å²) in [5.41, 5.74) is 0.389. The minimum Gasteiger partial charge on any atom is -0.327 e. The van der Waals surface area contributed by atoms with E-state index in [9.17, 15) is 13.2 Å². The van der Waals surface area contributed by atoms with Crippen molar-refractivity contribution in [2.75, 3.05) is 0 Å². The van der Waals surface area contributed by atoms with E-state index in [2.05, 4.69) is 18.8 Å². The van der Waals surface area contributed by atoms with Crippen LogP contribution in [0.4, 0.5) is 13.2 Å². The topological polar surface area (TPSA) is 17.8 Å². The Labute approximate surface area is 126 Å². The Bertz CT molecular complexity index is 615. The maximum atomic E-state index is 12.8. The van der Waals surface area contributed by atoms with Gasteiger partial charge in [0.05, 0.1) is 22.5 Å². The molecule has 0 atom stereocenters. The maximum absolute atomic E-state index is 12.8. The summed E-state index contributed by atoms with van der Waals surface area (Å²) in [6.07, 6.45) is -2.33. The molecule has 0 bridgehead atoms. The normalized spacial score (nSPS) is 12.5. The molecule has 21 heavy (non-hydrogen) atoms. The van der Waals surface area contributed by atoms with Crippen molar-refractivity contribution >= 4 is 22.6 Å². The van der Waals surface area contributed by atoms with Crippen LogP contribution in [0.1, 0.15) is 38.1 Å². The summed E-state index contributed by atoms with van der Waals surface area (Å²) in [5, 5.41) is 0. The largest absolute Gasteiger partial charge is 0.416 e. The maximum Gasteiger partial charge on any atom is 0.416 e. The van der Waals surface area contributed by atoms with Crippen LogP contribution in [0.3, 0.4) is 0 Å². The minimum absolute atomic E-state index is 0.191. The number of alkyl halides is 4. The number of halogens is 4. The molecule has 6 heteroatoms. The Morgan fingerprint density at radius 2 is 1.90 bits per heavy atom. The lowest BCUT2D eigenvalue weighted by atomic mass is 10.0. The zero-order valence-corrected chi connectivity index (χ0v) is 12.8. The van der Waals surface area contributed by atoms with Crippen molar-refractivity contribution in [2.45, 2.75) is 45.3 Å². The molecular formula is C15H18ClF3N2. The summed E-state index contributed by atoms with van der Waals surface area (Å²) in [5.74, 6) is 1.28. The summed E-state index contributed by atoms with van der Waals surface area (Å²) < 4.78 is 40.2. The lowest BCUT2D eigenvalue weighted by Gasteiger charge is -2.15. The van der Waals surface area contributed by atoms with Crippen LogP contribution < -0.4 is 0 Å². The van der Waals surface area contributed by atoms with Crippen LogP contribution in [-0.2, 0) is 18.6 Å². The third kappa shape index (κ3) is 3.34. The van der Waals surface area contributed by atoms with Gasteiger partial charge in [-0.2, -0.15) is 13.2 Å². The van der Waals surface area contributed by atoms with Gasteiger partial charge in [0.1, 0.15) is 5.82 Å². The molecule has 1 aromatic heterocycles. The fraction of sp³-hybridized carbons (Fsp3) is 0.533. The molecule has 0 unspecified atom stereocenters. The van der Waals surface area contributed by atoms with Crippen molar-refractivity contribution in [3.63, 3.8) is 0 Å². The van der Waals surface area contributed by atoms with E-state index >= 15 is 0 Å². The summed E-state index contributed by atoms with van der Waals surface area (Å²) in [4.78, 5) is 4.26. The molecule has 2 nitrogen and oxygen atoms in total. The van der Waals surface area contributed by atoms with Gasteiger partial charge >= 0.3 is 6.18 Å². The highest BCUT2D eigenvalue weighted by Gasteiger charge is 2.31. The second-order valence-electron chi connectivity index (χ2n) is 5.16. The first-order valence-corrected chi connectivity index (χ1v) is 7.56. The quantitative estimate of drug-likeness (QED) is 0.690. The van der Waals surface area contributed by atoms with Crippen LogP contribution in [0.15, 0.2) is 18.2 Å². The molecular weight excluding hydrogens is 301 g/mol. The van der Waals surface area contributed by atoms with E-state index < -0.39 is 11.7 Å². The Morgan fingerprint density at radius 1 is 1.24 bits per heavy atom. The van der Waals surface area contributed by atoms with Crippen LogP contribution >= 0.6 is 11.6 Å². The molecule has 0 aliphatic carbocycles. The van der Waals surface area contributed by atoms with Gasteiger partial charge in [-0.05, 0) is 24.1 Å². The third-order valence-corrected chi connectivity index (χ3v) is 4.11. The summed E-state index contributed by atoms with van der Waals surface area (Å²) >= 11 is 5.90. The highest BCUT2D eigenvalue weighted by Crippen LogP contribution is 2.32. The molecule has 2 aromatic rings. The van der Waals surface area contributed by atoms with Gasteiger partial charge in [0.2, 0.25) is 0 Å². The molecule has 0 spiro atoms. The number of rotatable bonds is 5. The smallest absolute Gasteiger partial charge is 0.327 e. The lowest BCUT2D eigenvalue weighted by molar-refractivity contribution is -0.137. The van der Waals surface area contributed by atoms with Crippen molar-refractivity contribution < 1.29 is 13.2 Å². The van der Waals surface area contributed by atoms with Gasteiger partial charge in [0, 0.05) is 6.54 Å². The highest BCUT2D eigenvalue weighted by atomic mass is 35.5. The summed E-state index contributed by atoms with van der Waals surface area (Å²) in [7, 11) is 0. The number of hydrogen-bond donors (Lipinski definition) is 0. The van der Waals surface area contributed by atoms with Gasteiger partial charge in [-0.1, -0.05) is 26.7 Å². The molecule has 116 valence electrons. The average Bonchev–Trinajstić information content (AvgIpc) is 2.80. The summed E-state index contributed by atoms with van der Waals surface area (Å²) in [6.45, 7) is 4.95. The van der Waals surface area contributed by atoms with Crippen molar-refractivity contribution in [3.8, 4) is 0 Å². The van der Waals surface area contributed by atoms with Crippen LogP contribution in [0.2, 0.25) is 0 Å². The SMILES string of the molecule is CCC(CC)Cn1c(CCl)nc2cc(C(F)(F)F)ccc21. The van der Waals surface area contributed by atoms with Crippen LogP contribution in [0, 0.1) is 5.92 Å². The minimum atomic E-state index is -4.35. The van der Waals surface area contributed by atoms with E-state index in [-0.39, 0.29) is 5.88 Å². The van der Waals surface area contributed by atoms with Crippen molar-refractivity contribution in [1.29, 1.82) is 0 Å². The predicted molar refractivity (Wildman–Crippen MR) is 78.4 cm³/mol. The van der Waals surface area contributed by atoms with E-state index in [1.54, 1.807) is 0 Å². The van der Waals surface area contributed by atoms with Gasteiger partial charge < -0.3 is 4.57 Å². The Balaban J connectivity index is 2.49. The van der Waals surface area contributed by atoms with Crippen LogP contribution in [0.25, 0.3) is 11.0 Å². The fourth-order valence-corrected chi connectivity index (χ4v) is 2.67. The molecule has 2 rings (SSSR count). The molecule has 0 fully saturated rings. The first kappa shape index (κ1) is 16.1. The van der Waals surface area contributed by atoms with Gasteiger partial charge in [0.15, 0.2) is 0 Å². The average molecular weight is 319 g/mol. The molecule has 0 saturated heterocycles. The van der Waals surface area contributed by atoms with E-state index in [0.29, 0.717) is 22.8 Å². The van der Waals surface area contributed by atoms with E-state index in [4.69, 9.17) is 11.6 Å². The monoisotopic (exact) mass is 318 g/mol. The van der Waals surface area contributed by atoms with Crippen molar-refractivity contribution in [1.82, 2.24) is 9.55 Å². The van der Waals surface area contributed by atoms with Crippen molar-refractivity contribution in [3.05, 3.63) is 29.6 Å². The predicted octanol–water partition coefficient (Wildman–Crippen LogP) is 5.23. The molecule has 0 aliphatic heterocycles. The molecule has 0 saturated carbocycles. The Morgan fingerprint density at radius 3 is 2.43 bits per heavy atom. The highest BCUT2D eigenvalue weighted by molar-refractivity contribution is 6.16. The molecule has 0 radical (unpaired) electrons. The van der Waals surface area contributed by atoms with E-state index in [1.807, 2.05) is 4.57 Å². The fourth-order valence-electron chi connectivity index (χ4n) is 2.47.